The Kier molecular flexibility index (Phi) is 7.35. The van der Waals surface area contributed by atoms with E-state index in [1.807, 2.05) is 52.0 Å². The third-order valence-electron chi connectivity index (χ3n) is 6.51. The lowest BCUT2D eigenvalue weighted by molar-refractivity contribution is -0.153. The number of piperidine rings is 1. The van der Waals surface area contributed by atoms with Crippen LogP contribution >= 0.6 is 11.6 Å². The summed E-state index contributed by atoms with van der Waals surface area (Å²) in [6, 6.07) is 10.2. The maximum Gasteiger partial charge on any atom is 0.226 e. The number of rotatable bonds is 7. The predicted molar refractivity (Wildman–Crippen MR) is 121 cm³/mol. The lowest BCUT2D eigenvalue weighted by atomic mass is 9.80. The normalized spacial score (nSPS) is 27.2. The Morgan fingerprint density at radius 3 is 2.52 bits per heavy atom. The number of amides is 1. The zero-order valence-corrected chi connectivity index (χ0v) is 20.1. The van der Waals surface area contributed by atoms with Gasteiger partial charge in [-0.3, -0.25) is 4.79 Å². The summed E-state index contributed by atoms with van der Waals surface area (Å²) in [6.45, 7) is 10.3. The van der Waals surface area contributed by atoms with Gasteiger partial charge in [0.25, 0.3) is 0 Å². The SMILES string of the molecule is CCC(CC(C)(C)C#N)N1C(=O)C(CC2COC(C)(C)O2)CCC1c1ccc(Cl)cc1. The predicted octanol–water partition coefficient (Wildman–Crippen LogP) is 5.88. The van der Waals surface area contributed by atoms with Crippen molar-refractivity contribution in [2.24, 2.45) is 11.3 Å². The number of nitrogens with zero attached hydrogens (tertiary/aromatic N) is 2. The highest BCUT2D eigenvalue weighted by molar-refractivity contribution is 6.30. The van der Waals surface area contributed by atoms with Gasteiger partial charge in [0.15, 0.2) is 5.79 Å². The second kappa shape index (κ2) is 9.48. The molecule has 2 heterocycles. The zero-order chi connectivity index (χ0) is 22.8. The van der Waals surface area contributed by atoms with Gasteiger partial charge in [-0.05, 0) is 77.5 Å². The van der Waals surface area contributed by atoms with Crippen molar-refractivity contribution in [3.63, 3.8) is 0 Å². The average Bonchev–Trinajstić information content (AvgIpc) is 3.07. The van der Waals surface area contributed by atoms with Crippen LogP contribution in [0.15, 0.2) is 24.3 Å². The molecule has 4 unspecified atom stereocenters. The molecule has 0 saturated carbocycles. The van der Waals surface area contributed by atoms with Crippen LogP contribution in [0.5, 0.6) is 0 Å². The molecule has 0 bridgehead atoms. The van der Waals surface area contributed by atoms with Crippen LogP contribution in [0, 0.1) is 22.7 Å². The van der Waals surface area contributed by atoms with Crippen molar-refractivity contribution >= 4 is 17.5 Å². The van der Waals surface area contributed by atoms with Gasteiger partial charge in [0.2, 0.25) is 5.91 Å². The molecule has 2 saturated heterocycles. The fourth-order valence-electron chi connectivity index (χ4n) is 4.92. The highest BCUT2D eigenvalue weighted by Gasteiger charge is 2.43. The summed E-state index contributed by atoms with van der Waals surface area (Å²) in [7, 11) is 0. The zero-order valence-electron chi connectivity index (χ0n) is 19.4. The molecular weight excluding hydrogens is 412 g/mol. The molecule has 1 aromatic rings. The van der Waals surface area contributed by atoms with Gasteiger partial charge in [0.1, 0.15) is 0 Å². The number of benzene rings is 1. The smallest absolute Gasteiger partial charge is 0.226 e. The van der Waals surface area contributed by atoms with E-state index in [9.17, 15) is 10.1 Å². The number of halogens is 1. The van der Waals surface area contributed by atoms with Crippen LogP contribution in [-0.4, -0.2) is 35.3 Å². The first-order chi connectivity index (χ1) is 14.5. The Bertz CT molecular complexity index is 815. The fraction of sp³-hybridized carbons (Fsp3) is 0.680. The molecule has 4 atom stereocenters. The minimum absolute atomic E-state index is 0.00218. The summed E-state index contributed by atoms with van der Waals surface area (Å²) >= 11 is 6.11. The van der Waals surface area contributed by atoms with E-state index in [1.165, 1.54) is 0 Å². The van der Waals surface area contributed by atoms with Crippen molar-refractivity contribution in [2.45, 2.75) is 90.7 Å². The minimum atomic E-state index is -0.587. The molecule has 0 spiro atoms. The topological polar surface area (TPSA) is 62.6 Å². The van der Waals surface area contributed by atoms with Crippen molar-refractivity contribution in [3.8, 4) is 6.07 Å². The van der Waals surface area contributed by atoms with Crippen molar-refractivity contribution in [1.82, 2.24) is 4.90 Å². The van der Waals surface area contributed by atoms with Crippen molar-refractivity contribution in [2.75, 3.05) is 6.61 Å². The molecule has 0 aromatic heterocycles. The summed E-state index contributed by atoms with van der Waals surface area (Å²) in [4.78, 5) is 15.9. The van der Waals surface area contributed by atoms with Gasteiger partial charge >= 0.3 is 0 Å². The third kappa shape index (κ3) is 5.80. The van der Waals surface area contributed by atoms with Gasteiger partial charge < -0.3 is 14.4 Å². The standard InChI is InChI=1S/C25H35ClN2O3/c1-6-20(14-24(2,3)16-27)28-22(17-7-10-19(26)11-8-17)12-9-18(23(28)29)13-21-15-30-25(4,5)31-21/h7-8,10-11,18,20-22H,6,9,12-15H2,1-5H3. The Balaban J connectivity index is 1.86. The summed E-state index contributed by atoms with van der Waals surface area (Å²) in [5, 5.41) is 10.3. The molecule has 1 amide bonds. The average molecular weight is 447 g/mol. The van der Waals surface area contributed by atoms with Gasteiger partial charge in [-0.15, -0.1) is 0 Å². The van der Waals surface area contributed by atoms with Crippen molar-refractivity contribution in [1.29, 1.82) is 5.26 Å². The maximum absolute atomic E-state index is 13.8. The van der Waals surface area contributed by atoms with Crippen LogP contribution in [0.1, 0.15) is 78.3 Å². The van der Waals surface area contributed by atoms with Crippen molar-refractivity contribution < 1.29 is 14.3 Å². The van der Waals surface area contributed by atoms with Crippen LogP contribution in [-0.2, 0) is 14.3 Å². The molecule has 0 aliphatic carbocycles. The monoisotopic (exact) mass is 446 g/mol. The Hall–Kier alpha value is -1.61. The Morgan fingerprint density at radius 2 is 1.97 bits per heavy atom. The summed E-state index contributed by atoms with van der Waals surface area (Å²) in [5.41, 5.74) is 0.608. The molecule has 31 heavy (non-hydrogen) atoms. The molecule has 2 fully saturated rings. The van der Waals surface area contributed by atoms with E-state index in [-0.39, 0.29) is 30.0 Å². The molecule has 170 valence electrons. The number of hydrogen-bond acceptors (Lipinski definition) is 4. The van der Waals surface area contributed by atoms with E-state index < -0.39 is 11.2 Å². The van der Waals surface area contributed by atoms with Gasteiger partial charge in [0.05, 0.1) is 30.2 Å². The molecule has 2 aliphatic rings. The highest BCUT2D eigenvalue weighted by Crippen LogP contribution is 2.41. The number of ether oxygens (including phenoxy) is 2. The molecule has 6 heteroatoms. The fourth-order valence-corrected chi connectivity index (χ4v) is 5.05. The van der Waals surface area contributed by atoms with E-state index in [2.05, 4.69) is 17.9 Å². The first kappa shape index (κ1) is 24.0. The minimum Gasteiger partial charge on any atom is -0.348 e. The van der Waals surface area contributed by atoms with Gasteiger partial charge in [-0.1, -0.05) is 30.7 Å². The summed E-state index contributed by atoms with van der Waals surface area (Å²) < 4.78 is 11.7. The Labute approximate surface area is 191 Å². The number of hydrogen-bond donors (Lipinski definition) is 0. The summed E-state index contributed by atoms with van der Waals surface area (Å²) in [5.74, 6) is -0.512. The van der Waals surface area contributed by atoms with E-state index in [1.54, 1.807) is 0 Å². The molecule has 1 aromatic carbocycles. The molecular formula is C25H35ClN2O3. The van der Waals surface area contributed by atoms with Crippen LogP contribution in [0.25, 0.3) is 0 Å². The van der Waals surface area contributed by atoms with Gasteiger partial charge in [-0.25, -0.2) is 0 Å². The second-order valence-electron chi connectivity index (χ2n) is 10.0. The second-order valence-corrected chi connectivity index (χ2v) is 10.5. The van der Waals surface area contributed by atoms with Crippen LogP contribution in [0.4, 0.5) is 0 Å². The highest BCUT2D eigenvalue weighted by atomic mass is 35.5. The Morgan fingerprint density at radius 1 is 1.29 bits per heavy atom. The number of likely N-dealkylation sites (tertiary alicyclic amines) is 1. The first-order valence-electron chi connectivity index (χ1n) is 11.4. The number of carbonyl (C=O) groups excluding carboxylic acids is 1. The van der Waals surface area contributed by atoms with E-state index in [4.69, 9.17) is 21.1 Å². The molecule has 3 rings (SSSR count). The first-order valence-corrected chi connectivity index (χ1v) is 11.7. The molecule has 5 nitrogen and oxygen atoms in total. The lowest BCUT2D eigenvalue weighted by Crippen LogP contribution is -2.50. The largest absolute Gasteiger partial charge is 0.348 e. The van der Waals surface area contributed by atoms with Gasteiger partial charge in [0, 0.05) is 17.0 Å². The van der Waals surface area contributed by atoms with Crippen molar-refractivity contribution in [3.05, 3.63) is 34.9 Å². The molecule has 0 radical (unpaired) electrons. The maximum atomic E-state index is 13.8. The number of carbonyl (C=O) groups is 1. The van der Waals surface area contributed by atoms with Crippen LogP contribution in [0.2, 0.25) is 5.02 Å². The molecule has 0 N–H and O–H groups in total. The van der Waals surface area contributed by atoms with Crippen LogP contribution < -0.4 is 0 Å². The van der Waals surface area contributed by atoms with E-state index in [0.29, 0.717) is 24.5 Å². The lowest BCUT2D eigenvalue weighted by Gasteiger charge is -2.45. The molecule has 2 aliphatic heterocycles. The van der Waals surface area contributed by atoms with E-state index >= 15 is 0 Å². The quantitative estimate of drug-likeness (QED) is 0.524. The number of nitriles is 1. The van der Waals surface area contributed by atoms with Crippen LogP contribution in [0.3, 0.4) is 0 Å². The summed E-state index contributed by atoms with van der Waals surface area (Å²) in [6.07, 6.45) is 3.78. The third-order valence-corrected chi connectivity index (χ3v) is 6.76. The van der Waals surface area contributed by atoms with E-state index in [0.717, 1.165) is 24.8 Å². The van der Waals surface area contributed by atoms with Gasteiger partial charge in [-0.2, -0.15) is 5.26 Å².